The molecule has 1 aliphatic carbocycles. The van der Waals surface area contributed by atoms with Gasteiger partial charge in [-0.25, -0.2) is 0 Å². The predicted molar refractivity (Wildman–Crippen MR) is 69.9 cm³/mol. The third-order valence-electron chi connectivity index (χ3n) is 3.40. The van der Waals surface area contributed by atoms with E-state index in [-0.39, 0.29) is 0 Å². The molecular formula is C13H17BrO3. The third-order valence-corrected chi connectivity index (χ3v) is 3.99. The summed E-state index contributed by atoms with van der Waals surface area (Å²) in [7, 11) is 3.28. The Morgan fingerprint density at radius 2 is 1.94 bits per heavy atom. The summed E-state index contributed by atoms with van der Waals surface area (Å²) in [5.74, 6) is 1.92. The molecule has 94 valence electrons. The average Bonchev–Trinajstić information content (AvgIpc) is 2.32. The van der Waals surface area contributed by atoms with Gasteiger partial charge in [0, 0.05) is 11.1 Å². The fraction of sp³-hybridized carbons (Fsp3) is 0.538. The zero-order valence-corrected chi connectivity index (χ0v) is 11.9. The molecule has 1 aromatic carbocycles. The number of hydrogen-bond donors (Lipinski definition) is 1. The Morgan fingerprint density at radius 3 is 2.53 bits per heavy atom. The zero-order chi connectivity index (χ0) is 12.6. The van der Waals surface area contributed by atoms with E-state index >= 15 is 0 Å². The first kappa shape index (κ1) is 12.7. The van der Waals surface area contributed by atoms with Crippen molar-refractivity contribution in [3.63, 3.8) is 0 Å². The van der Waals surface area contributed by atoms with Crippen LogP contribution in [0.4, 0.5) is 0 Å². The van der Waals surface area contributed by atoms with Gasteiger partial charge in [0.25, 0.3) is 0 Å². The van der Waals surface area contributed by atoms with E-state index in [1.54, 1.807) is 14.2 Å². The maximum atomic E-state index is 10.2. The lowest BCUT2D eigenvalue weighted by molar-refractivity contribution is 0.146. The average molecular weight is 301 g/mol. The Morgan fingerprint density at radius 1 is 1.24 bits per heavy atom. The summed E-state index contributed by atoms with van der Waals surface area (Å²) in [6.45, 7) is 2.15. The second-order valence-electron chi connectivity index (χ2n) is 4.42. The Labute approximate surface area is 110 Å². The van der Waals surface area contributed by atoms with Crippen LogP contribution < -0.4 is 9.47 Å². The molecule has 0 saturated heterocycles. The molecule has 0 aliphatic heterocycles. The second kappa shape index (κ2) is 4.86. The summed E-state index contributed by atoms with van der Waals surface area (Å²) in [5, 5.41) is 10.2. The summed E-state index contributed by atoms with van der Waals surface area (Å²) < 4.78 is 11.6. The number of aliphatic hydroxyl groups excluding tert-OH is 1. The van der Waals surface area contributed by atoms with E-state index in [0.29, 0.717) is 5.92 Å². The minimum absolute atomic E-state index is 0.380. The van der Waals surface area contributed by atoms with Gasteiger partial charge >= 0.3 is 0 Å². The van der Waals surface area contributed by atoms with E-state index in [4.69, 9.17) is 9.47 Å². The van der Waals surface area contributed by atoms with Gasteiger partial charge < -0.3 is 14.6 Å². The van der Waals surface area contributed by atoms with Crippen LogP contribution in [0.15, 0.2) is 10.5 Å². The van der Waals surface area contributed by atoms with Crippen LogP contribution in [-0.4, -0.2) is 19.3 Å². The highest BCUT2D eigenvalue weighted by molar-refractivity contribution is 9.10. The van der Waals surface area contributed by atoms with Gasteiger partial charge in [0.2, 0.25) is 0 Å². The Balaban J connectivity index is 2.71. The van der Waals surface area contributed by atoms with Crippen LogP contribution in [-0.2, 0) is 0 Å². The van der Waals surface area contributed by atoms with Crippen LogP contribution in [0.5, 0.6) is 11.5 Å². The molecule has 4 heteroatoms. The molecule has 2 atom stereocenters. The number of halogens is 1. The molecule has 0 saturated carbocycles. The lowest BCUT2D eigenvalue weighted by Crippen LogP contribution is -2.15. The van der Waals surface area contributed by atoms with Gasteiger partial charge in [-0.2, -0.15) is 0 Å². The number of ether oxygens (including phenoxy) is 2. The number of benzene rings is 1. The first-order chi connectivity index (χ1) is 8.10. The molecule has 2 rings (SSSR count). The first-order valence-corrected chi connectivity index (χ1v) is 6.51. The van der Waals surface area contributed by atoms with Crippen LogP contribution in [0.25, 0.3) is 0 Å². The van der Waals surface area contributed by atoms with Crippen LogP contribution >= 0.6 is 15.9 Å². The summed E-state index contributed by atoms with van der Waals surface area (Å²) in [6.07, 6.45) is 1.27. The van der Waals surface area contributed by atoms with Crippen molar-refractivity contribution in [2.75, 3.05) is 14.2 Å². The molecular weight excluding hydrogens is 284 g/mol. The molecule has 0 aromatic heterocycles. The fourth-order valence-corrected chi connectivity index (χ4v) is 3.14. The Kier molecular flexibility index (Phi) is 3.64. The van der Waals surface area contributed by atoms with Crippen LogP contribution in [0.1, 0.15) is 42.9 Å². The molecule has 0 heterocycles. The highest BCUT2D eigenvalue weighted by atomic mass is 79.9. The second-order valence-corrected chi connectivity index (χ2v) is 5.27. The van der Waals surface area contributed by atoms with E-state index in [2.05, 4.69) is 22.9 Å². The molecule has 1 aromatic rings. The summed E-state index contributed by atoms with van der Waals surface area (Å²) in [4.78, 5) is 0. The fourth-order valence-electron chi connectivity index (χ4n) is 2.55. The van der Waals surface area contributed by atoms with E-state index < -0.39 is 6.10 Å². The van der Waals surface area contributed by atoms with Crippen molar-refractivity contribution < 1.29 is 14.6 Å². The quantitative estimate of drug-likeness (QED) is 0.910. The van der Waals surface area contributed by atoms with Gasteiger partial charge in [0.15, 0.2) is 0 Å². The molecule has 0 amide bonds. The van der Waals surface area contributed by atoms with Gasteiger partial charge in [-0.3, -0.25) is 0 Å². The monoisotopic (exact) mass is 300 g/mol. The van der Waals surface area contributed by atoms with Crippen molar-refractivity contribution in [2.24, 2.45) is 0 Å². The molecule has 2 unspecified atom stereocenters. The van der Waals surface area contributed by atoms with Gasteiger partial charge in [-0.05, 0) is 40.8 Å². The zero-order valence-electron chi connectivity index (χ0n) is 10.3. The summed E-state index contributed by atoms with van der Waals surface area (Å²) >= 11 is 3.46. The van der Waals surface area contributed by atoms with E-state index in [1.807, 2.05) is 6.07 Å². The van der Waals surface area contributed by atoms with E-state index in [0.717, 1.165) is 39.9 Å². The molecule has 1 N–H and O–H groups in total. The minimum atomic E-state index is -0.470. The smallest absolute Gasteiger partial charge is 0.139 e. The van der Waals surface area contributed by atoms with Crippen molar-refractivity contribution in [1.29, 1.82) is 0 Å². The molecule has 0 fully saturated rings. The molecule has 0 bridgehead atoms. The van der Waals surface area contributed by atoms with Crippen molar-refractivity contribution in [3.05, 3.63) is 21.7 Å². The minimum Gasteiger partial charge on any atom is -0.496 e. The van der Waals surface area contributed by atoms with Crippen LogP contribution in [0, 0.1) is 0 Å². The topological polar surface area (TPSA) is 38.7 Å². The molecule has 3 nitrogen and oxygen atoms in total. The van der Waals surface area contributed by atoms with E-state index in [9.17, 15) is 5.11 Å². The normalized spacial score (nSPS) is 23.1. The molecule has 0 spiro atoms. The van der Waals surface area contributed by atoms with Crippen molar-refractivity contribution in [1.82, 2.24) is 0 Å². The maximum absolute atomic E-state index is 10.2. The summed E-state index contributed by atoms with van der Waals surface area (Å²) in [5.41, 5.74) is 1.95. The van der Waals surface area contributed by atoms with E-state index in [1.165, 1.54) is 0 Å². The number of rotatable bonds is 2. The maximum Gasteiger partial charge on any atom is 0.139 e. The standard InChI is InChI=1S/C13H17BrO3/c1-7-4-5-9(15)12-11(7)10(16-2)6-8(14)13(12)17-3/h6-7,9,15H,4-5H2,1-3H3. The lowest BCUT2D eigenvalue weighted by atomic mass is 9.81. The highest BCUT2D eigenvalue weighted by Gasteiger charge is 2.31. The Hall–Kier alpha value is -0.740. The molecule has 17 heavy (non-hydrogen) atoms. The van der Waals surface area contributed by atoms with Crippen LogP contribution in [0.2, 0.25) is 0 Å². The molecule has 0 radical (unpaired) electrons. The Bertz CT molecular complexity index is 431. The predicted octanol–water partition coefficient (Wildman–Crippen LogP) is 3.40. The number of methoxy groups -OCH3 is 2. The lowest BCUT2D eigenvalue weighted by Gasteiger charge is -2.30. The SMILES string of the molecule is COc1cc(Br)c(OC)c2c1C(C)CCC2O. The van der Waals surface area contributed by atoms with Gasteiger partial charge in [0.1, 0.15) is 11.5 Å². The number of fused-ring (bicyclic) bond motifs is 1. The first-order valence-electron chi connectivity index (χ1n) is 5.72. The van der Waals surface area contributed by atoms with Gasteiger partial charge in [-0.1, -0.05) is 6.92 Å². The van der Waals surface area contributed by atoms with Crippen molar-refractivity contribution in [2.45, 2.75) is 31.8 Å². The van der Waals surface area contributed by atoms with Crippen molar-refractivity contribution >= 4 is 15.9 Å². The third kappa shape index (κ3) is 2.04. The van der Waals surface area contributed by atoms with Crippen molar-refractivity contribution in [3.8, 4) is 11.5 Å². The number of hydrogen-bond acceptors (Lipinski definition) is 3. The van der Waals surface area contributed by atoms with Gasteiger partial charge in [0.05, 0.1) is 24.8 Å². The number of aliphatic hydroxyl groups is 1. The van der Waals surface area contributed by atoms with Gasteiger partial charge in [-0.15, -0.1) is 0 Å². The largest absolute Gasteiger partial charge is 0.496 e. The summed E-state index contributed by atoms with van der Waals surface area (Å²) in [6, 6.07) is 1.91. The molecule has 1 aliphatic rings. The van der Waals surface area contributed by atoms with Crippen LogP contribution in [0.3, 0.4) is 0 Å². The highest BCUT2D eigenvalue weighted by Crippen LogP contribution is 2.49.